The summed E-state index contributed by atoms with van der Waals surface area (Å²) in [4.78, 5) is 28.5. The van der Waals surface area contributed by atoms with Crippen LogP contribution in [0.2, 0.25) is 0 Å². The van der Waals surface area contributed by atoms with Crippen LogP contribution in [-0.2, 0) is 4.79 Å². The minimum absolute atomic E-state index is 0.113. The summed E-state index contributed by atoms with van der Waals surface area (Å²) in [7, 11) is 1.89. The second kappa shape index (κ2) is 5.20. The Morgan fingerprint density at radius 3 is 2.70 bits per heavy atom. The number of rotatable bonds is 1. The maximum atomic E-state index is 12.4. The molecule has 108 valence electrons. The predicted molar refractivity (Wildman–Crippen MR) is 78.8 cm³/mol. The van der Waals surface area contributed by atoms with Crippen LogP contribution in [0.25, 0.3) is 0 Å². The van der Waals surface area contributed by atoms with E-state index >= 15 is 0 Å². The van der Waals surface area contributed by atoms with Crippen molar-refractivity contribution in [2.75, 3.05) is 26.7 Å². The van der Waals surface area contributed by atoms with Crippen LogP contribution < -0.4 is 0 Å². The molecule has 4 nitrogen and oxygen atoms in total. The Hall–Kier alpha value is -1.36. The Balaban J connectivity index is 1.71. The Morgan fingerprint density at radius 1 is 1.25 bits per heavy atom. The maximum absolute atomic E-state index is 12.4. The van der Waals surface area contributed by atoms with E-state index in [1.165, 1.54) is 0 Å². The summed E-state index contributed by atoms with van der Waals surface area (Å²) in [5.41, 5.74) is 0.583. The first-order valence-electron chi connectivity index (χ1n) is 7.19. The number of carbonyl (C=O) groups excluding carboxylic acids is 2. The predicted octanol–water partition coefficient (Wildman–Crippen LogP) is 2.22. The van der Waals surface area contributed by atoms with E-state index in [0.29, 0.717) is 6.54 Å². The molecule has 3 heterocycles. The molecule has 1 spiro atoms. The number of nitrogens with zero attached hydrogens (tertiary/aromatic N) is 2. The van der Waals surface area contributed by atoms with E-state index in [-0.39, 0.29) is 17.2 Å². The van der Waals surface area contributed by atoms with Gasteiger partial charge in [-0.05, 0) is 37.1 Å². The highest BCUT2D eigenvalue weighted by Crippen LogP contribution is 2.41. The zero-order chi connectivity index (χ0) is 14.2. The highest BCUT2D eigenvalue weighted by molar-refractivity contribution is 7.08. The number of hydrogen-bond donors (Lipinski definition) is 0. The van der Waals surface area contributed by atoms with E-state index in [4.69, 9.17) is 0 Å². The molecule has 1 aromatic rings. The topological polar surface area (TPSA) is 40.6 Å². The molecule has 0 saturated carbocycles. The zero-order valence-electron chi connectivity index (χ0n) is 11.8. The van der Waals surface area contributed by atoms with Gasteiger partial charge in [0.1, 0.15) is 0 Å². The van der Waals surface area contributed by atoms with E-state index in [1.54, 1.807) is 11.3 Å². The molecule has 0 aromatic carbocycles. The van der Waals surface area contributed by atoms with Crippen LogP contribution in [0.4, 0.5) is 0 Å². The molecule has 3 rings (SSSR count). The van der Waals surface area contributed by atoms with Gasteiger partial charge < -0.3 is 9.80 Å². The fraction of sp³-hybridized carbons (Fsp3) is 0.600. The van der Waals surface area contributed by atoms with Crippen LogP contribution >= 0.6 is 11.3 Å². The highest BCUT2D eigenvalue weighted by Gasteiger charge is 2.45. The van der Waals surface area contributed by atoms with Gasteiger partial charge in [0.05, 0.1) is 11.0 Å². The third kappa shape index (κ3) is 2.24. The molecule has 2 aliphatic heterocycles. The monoisotopic (exact) mass is 292 g/mol. The van der Waals surface area contributed by atoms with E-state index in [0.717, 1.165) is 44.3 Å². The van der Waals surface area contributed by atoms with Crippen molar-refractivity contribution in [3.05, 3.63) is 22.4 Å². The summed E-state index contributed by atoms with van der Waals surface area (Å²) in [6.07, 6.45) is 3.61. The first kappa shape index (κ1) is 13.6. The third-order valence-electron chi connectivity index (χ3n) is 4.73. The van der Waals surface area contributed by atoms with E-state index < -0.39 is 0 Å². The van der Waals surface area contributed by atoms with E-state index in [1.807, 2.05) is 33.7 Å². The fourth-order valence-electron chi connectivity index (χ4n) is 3.42. The summed E-state index contributed by atoms with van der Waals surface area (Å²) in [6.45, 7) is 2.33. The van der Waals surface area contributed by atoms with Gasteiger partial charge in [-0.2, -0.15) is 11.3 Å². The lowest BCUT2D eigenvalue weighted by atomic mass is 9.79. The van der Waals surface area contributed by atoms with E-state index in [2.05, 4.69) is 0 Å². The van der Waals surface area contributed by atoms with Crippen molar-refractivity contribution in [2.24, 2.45) is 5.41 Å². The van der Waals surface area contributed by atoms with Crippen molar-refractivity contribution in [1.29, 1.82) is 0 Å². The lowest BCUT2D eigenvalue weighted by Crippen LogP contribution is -2.35. The average Bonchev–Trinajstić information content (AvgIpc) is 3.00. The molecule has 2 amide bonds. The van der Waals surface area contributed by atoms with Crippen molar-refractivity contribution >= 4 is 23.2 Å². The molecule has 2 aliphatic rings. The first-order chi connectivity index (χ1) is 9.62. The van der Waals surface area contributed by atoms with Crippen LogP contribution in [0.15, 0.2) is 16.8 Å². The lowest BCUT2D eigenvalue weighted by Gasteiger charge is -2.25. The smallest absolute Gasteiger partial charge is 0.254 e. The summed E-state index contributed by atoms with van der Waals surface area (Å²) in [5, 5.41) is 3.83. The molecule has 0 unspecified atom stereocenters. The fourth-order valence-corrected chi connectivity index (χ4v) is 4.05. The van der Waals surface area contributed by atoms with Gasteiger partial charge in [0.15, 0.2) is 0 Å². The number of likely N-dealkylation sites (tertiary alicyclic amines) is 2. The quantitative estimate of drug-likeness (QED) is 0.796. The molecule has 1 aromatic heterocycles. The number of hydrogen-bond acceptors (Lipinski definition) is 3. The van der Waals surface area contributed by atoms with Gasteiger partial charge in [-0.3, -0.25) is 9.59 Å². The van der Waals surface area contributed by atoms with Gasteiger partial charge in [0.2, 0.25) is 5.91 Å². The Labute approximate surface area is 123 Å². The van der Waals surface area contributed by atoms with Crippen molar-refractivity contribution in [3.63, 3.8) is 0 Å². The highest BCUT2D eigenvalue weighted by atomic mass is 32.1. The zero-order valence-corrected chi connectivity index (χ0v) is 12.6. The van der Waals surface area contributed by atoms with Gasteiger partial charge in [-0.25, -0.2) is 0 Å². The molecule has 1 atom stereocenters. The molecule has 0 aliphatic carbocycles. The molecule has 0 bridgehead atoms. The van der Waals surface area contributed by atoms with Gasteiger partial charge in [-0.15, -0.1) is 0 Å². The SMILES string of the molecule is CN1CC[C@@]2(CCCN(C(=O)c3ccsc3)CC2)C1=O. The Kier molecular flexibility index (Phi) is 3.54. The number of amides is 2. The van der Waals surface area contributed by atoms with Gasteiger partial charge in [0, 0.05) is 32.1 Å². The van der Waals surface area contributed by atoms with Crippen LogP contribution in [0.3, 0.4) is 0 Å². The normalized spacial score (nSPS) is 27.1. The van der Waals surface area contributed by atoms with Crippen molar-refractivity contribution in [2.45, 2.75) is 25.7 Å². The molecule has 20 heavy (non-hydrogen) atoms. The molecule has 2 saturated heterocycles. The van der Waals surface area contributed by atoms with Crippen LogP contribution in [0, 0.1) is 5.41 Å². The lowest BCUT2D eigenvalue weighted by molar-refractivity contribution is -0.135. The second-order valence-electron chi connectivity index (χ2n) is 5.91. The van der Waals surface area contributed by atoms with Gasteiger partial charge in [0.25, 0.3) is 5.91 Å². The van der Waals surface area contributed by atoms with Crippen LogP contribution in [0.5, 0.6) is 0 Å². The van der Waals surface area contributed by atoms with Crippen LogP contribution in [0.1, 0.15) is 36.0 Å². The Morgan fingerprint density at radius 2 is 2.05 bits per heavy atom. The number of carbonyl (C=O) groups is 2. The largest absolute Gasteiger partial charge is 0.345 e. The standard InChI is InChI=1S/C15H20N2O2S/c1-16-8-5-15(14(16)19)4-2-7-17(9-6-15)13(18)12-3-10-20-11-12/h3,10-11H,2,4-9H2,1H3/t15-/m1/s1. The molecular weight excluding hydrogens is 272 g/mol. The van der Waals surface area contributed by atoms with Crippen molar-refractivity contribution in [3.8, 4) is 0 Å². The Bertz CT molecular complexity index is 514. The summed E-state index contributed by atoms with van der Waals surface area (Å²) < 4.78 is 0. The minimum Gasteiger partial charge on any atom is -0.345 e. The average molecular weight is 292 g/mol. The minimum atomic E-state index is -0.196. The van der Waals surface area contributed by atoms with Crippen LogP contribution in [-0.4, -0.2) is 48.3 Å². The summed E-state index contributed by atoms with van der Waals surface area (Å²) in [5.74, 6) is 0.393. The molecular formula is C15H20N2O2S. The summed E-state index contributed by atoms with van der Waals surface area (Å²) in [6, 6.07) is 1.88. The molecule has 5 heteroatoms. The van der Waals surface area contributed by atoms with Gasteiger partial charge >= 0.3 is 0 Å². The summed E-state index contributed by atoms with van der Waals surface area (Å²) >= 11 is 1.55. The first-order valence-corrected chi connectivity index (χ1v) is 8.14. The maximum Gasteiger partial charge on any atom is 0.254 e. The molecule has 0 radical (unpaired) electrons. The van der Waals surface area contributed by atoms with Crippen molar-refractivity contribution in [1.82, 2.24) is 9.80 Å². The molecule has 2 fully saturated rings. The van der Waals surface area contributed by atoms with Crippen molar-refractivity contribution < 1.29 is 9.59 Å². The molecule has 0 N–H and O–H groups in total. The number of thiophene rings is 1. The van der Waals surface area contributed by atoms with Gasteiger partial charge in [-0.1, -0.05) is 0 Å². The van der Waals surface area contributed by atoms with E-state index in [9.17, 15) is 9.59 Å². The third-order valence-corrected chi connectivity index (χ3v) is 5.41. The second-order valence-corrected chi connectivity index (χ2v) is 6.69.